The number of nitrogens with one attached hydrogen (secondary N) is 2. The molecule has 0 saturated carbocycles. The van der Waals surface area contributed by atoms with Crippen LogP contribution in [0.25, 0.3) is 0 Å². The Hall–Kier alpha value is -2.71. The van der Waals surface area contributed by atoms with E-state index in [1.54, 1.807) is 6.92 Å². The molecule has 20 heavy (non-hydrogen) atoms. The van der Waals surface area contributed by atoms with Gasteiger partial charge in [0.2, 0.25) is 11.7 Å². The molecule has 9 nitrogen and oxygen atoms in total. The SMILES string of the molecule is CCNC(=O)CCNc1ncc(C(=O)O)cc1[N+](=O)[O-]. The van der Waals surface area contributed by atoms with Gasteiger partial charge in [0.15, 0.2) is 0 Å². The molecule has 0 fully saturated rings. The molecule has 9 heteroatoms. The molecule has 0 aliphatic carbocycles. The molecule has 0 unspecified atom stereocenters. The Kier molecular flexibility index (Phi) is 5.39. The predicted octanol–water partition coefficient (Wildman–Crippen LogP) is 0.626. The molecular formula is C11H14N4O5. The van der Waals surface area contributed by atoms with Gasteiger partial charge in [-0.1, -0.05) is 0 Å². The molecule has 0 aliphatic rings. The number of hydrogen-bond donors (Lipinski definition) is 3. The smallest absolute Gasteiger partial charge is 0.337 e. The number of carbonyl (C=O) groups excluding carboxylic acids is 1. The maximum Gasteiger partial charge on any atom is 0.337 e. The molecule has 1 aromatic heterocycles. The molecule has 108 valence electrons. The van der Waals surface area contributed by atoms with Crippen molar-refractivity contribution in [1.82, 2.24) is 10.3 Å². The predicted molar refractivity (Wildman–Crippen MR) is 69.6 cm³/mol. The first-order valence-corrected chi connectivity index (χ1v) is 5.84. The zero-order chi connectivity index (χ0) is 15.1. The summed E-state index contributed by atoms with van der Waals surface area (Å²) in [6.45, 7) is 2.44. The number of carboxylic acids is 1. The summed E-state index contributed by atoms with van der Waals surface area (Å²) in [7, 11) is 0. The molecule has 0 bridgehead atoms. The summed E-state index contributed by atoms with van der Waals surface area (Å²) in [6, 6.07) is 0.920. The Morgan fingerprint density at radius 1 is 1.50 bits per heavy atom. The zero-order valence-corrected chi connectivity index (χ0v) is 10.8. The highest BCUT2D eigenvalue weighted by atomic mass is 16.6. The number of pyridine rings is 1. The first-order valence-electron chi connectivity index (χ1n) is 5.84. The minimum Gasteiger partial charge on any atom is -0.478 e. The van der Waals surface area contributed by atoms with Crippen molar-refractivity contribution in [1.29, 1.82) is 0 Å². The summed E-state index contributed by atoms with van der Waals surface area (Å²) in [5, 5.41) is 24.8. The van der Waals surface area contributed by atoms with E-state index in [0.29, 0.717) is 6.54 Å². The van der Waals surface area contributed by atoms with Gasteiger partial charge in [0.1, 0.15) is 0 Å². The van der Waals surface area contributed by atoms with Crippen LogP contribution in [0.5, 0.6) is 0 Å². The standard InChI is InChI=1S/C11H14N4O5/c1-2-12-9(16)3-4-13-10-8(15(19)20)5-7(6-14-10)11(17)18/h5-6H,2-4H2,1H3,(H,12,16)(H,13,14)(H,17,18). The topological polar surface area (TPSA) is 134 Å². The first-order chi connectivity index (χ1) is 9.45. The Morgan fingerprint density at radius 3 is 2.75 bits per heavy atom. The lowest BCUT2D eigenvalue weighted by molar-refractivity contribution is -0.384. The fourth-order valence-electron chi connectivity index (χ4n) is 1.43. The molecule has 1 amide bonds. The number of nitrogens with zero attached hydrogens (tertiary/aromatic N) is 2. The summed E-state index contributed by atoms with van der Waals surface area (Å²) in [6.07, 6.45) is 1.15. The summed E-state index contributed by atoms with van der Waals surface area (Å²) >= 11 is 0. The van der Waals surface area contributed by atoms with E-state index in [2.05, 4.69) is 15.6 Å². The molecule has 3 N–H and O–H groups in total. The number of rotatable bonds is 7. The Bertz CT molecular complexity index is 532. The van der Waals surface area contributed by atoms with E-state index in [-0.39, 0.29) is 30.3 Å². The second-order valence-corrected chi connectivity index (χ2v) is 3.78. The van der Waals surface area contributed by atoms with Crippen LogP contribution in [0.4, 0.5) is 11.5 Å². The van der Waals surface area contributed by atoms with Gasteiger partial charge >= 0.3 is 11.7 Å². The number of hydrogen-bond acceptors (Lipinski definition) is 6. The van der Waals surface area contributed by atoms with Gasteiger partial charge in [-0.2, -0.15) is 0 Å². The van der Waals surface area contributed by atoms with Crippen molar-refractivity contribution in [3.05, 3.63) is 27.9 Å². The van der Waals surface area contributed by atoms with Crippen LogP contribution in [0, 0.1) is 10.1 Å². The summed E-state index contributed by atoms with van der Waals surface area (Å²) in [5.41, 5.74) is -0.716. The normalized spacial score (nSPS) is 9.85. The largest absolute Gasteiger partial charge is 0.478 e. The lowest BCUT2D eigenvalue weighted by atomic mass is 10.2. The molecule has 1 rings (SSSR count). The van der Waals surface area contributed by atoms with E-state index in [9.17, 15) is 19.7 Å². The Labute approximate surface area is 114 Å². The first kappa shape index (κ1) is 15.3. The van der Waals surface area contributed by atoms with Gasteiger partial charge in [0, 0.05) is 31.8 Å². The van der Waals surface area contributed by atoms with Crippen LogP contribution < -0.4 is 10.6 Å². The third kappa shape index (κ3) is 4.19. The lowest BCUT2D eigenvalue weighted by Gasteiger charge is -2.06. The lowest BCUT2D eigenvalue weighted by Crippen LogP contribution is -2.25. The van der Waals surface area contributed by atoms with Gasteiger partial charge in [-0.15, -0.1) is 0 Å². The summed E-state index contributed by atoms with van der Waals surface area (Å²) in [4.78, 5) is 35.8. The van der Waals surface area contributed by atoms with Crippen LogP contribution in [0.1, 0.15) is 23.7 Å². The van der Waals surface area contributed by atoms with Crippen LogP contribution in [0.3, 0.4) is 0 Å². The maximum atomic E-state index is 11.2. The highest BCUT2D eigenvalue weighted by molar-refractivity contribution is 5.88. The van der Waals surface area contributed by atoms with Crippen LogP contribution in [-0.2, 0) is 4.79 Å². The van der Waals surface area contributed by atoms with Crippen molar-refractivity contribution in [2.45, 2.75) is 13.3 Å². The molecule has 0 spiro atoms. The monoisotopic (exact) mass is 282 g/mol. The second kappa shape index (κ2) is 7.02. The quantitative estimate of drug-likeness (QED) is 0.493. The molecule has 1 aromatic rings. The number of carboxylic acid groups (broad SMARTS) is 1. The molecule has 0 aromatic carbocycles. The average Bonchev–Trinajstić information content (AvgIpc) is 2.38. The van der Waals surface area contributed by atoms with Crippen molar-refractivity contribution >= 4 is 23.4 Å². The maximum absolute atomic E-state index is 11.2. The van der Waals surface area contributed by atoms with Crippen LogP contribution in [-0.4, -0.2) is 40.0 Å². The number of anilines is 1. The van der Waals surface area contributed by atoms with Crippen LogP contribution in [0.15, 0.2) is 12.3 Å². The van der Waals surface area contributed by atoms with Gasteiger partial charge in [-0.3, -0.25) is 14.9 Å². The Morgan fingerprint density at radius 2 is 2.20 bits per heavy atom. The number of amides is 1. The number of nitro groups is 1. The van der Waals surface area contributed by atoms with Gasteiger partial charge in [-0.25, -0.2) is 9.78 Å². The fraction of sp³-hybridized carbons (Fsp3) is 0.364. The Balaban J connectivity index is 2.77. The molecular weight excluding hydrogens is 268 g/mol. The van der Waals surface area contributed by atoms with Crippen molar-refractivity contribution in [2.24, 2.45) is 0 Å². The van der Waals surface area contributed by atoms with Gasteiger partial charge in [0.25, 0.3) is 0 Å². The third-order valence-corrected chi connectivity index (χ3v) is 2.33. The van der Waals surface area contributed by atoms with E-state index in [0.717, 1.165) is 12.3 Å². The molecule has 0 atom stereocenters. The third-order valence-electron chi connectivity index (χ3n) is 2.33. The van der Waals surface area contributed by atoms with Crippen molar-refractivity contribution in [3.63, 3.8) is 0 Å². The zero-order valence-electron chi connectivity index (χ0n) is 10.8. The van der Waals surface area contributed by atoms with Crippen LogP contribution >= 0.6 is 0 Å². The van der Waals surface area contributed by atoms with E-state index in [1.807, 2.05) is 0 Å². The van der Waals surface area contributed by atoms with Crippen molar-refractivity contribution < 1.29 is 19.6 Å². The van der Waals surface area contributed by atoms with Gasteiger partial charge in [-0.05, 0) is 6.92 Å². The molecule has 0 aliphatic heterocycles. The van der Waals surface area contributed by atoms with Gasteiger partial charge < -0.3 is 15.7 Å². The minimum atomic E-state index is -1.30. The number of carbonyl (C=O) groups is 2. The second-order valence-electron chi connectivity index (χ2n) is 3.78. The van der Waals surface area contributed by atoms with E-state index >= 15 is 0 Å². The average molecular weight is 282 g/mol. The van der Waals surface area contributed by atoms with Crippen LogP contribution in [0.2, 0.25) is 0 Å². The fourth-order valence-corrected chi connectivity index (χ4v) is 1.43. The van der Waals surface area contributed by atoms with Crippen molar-refractivity contribution in [3.8, 4) is 0 Å². The number of aromatic nitrogens is 1. The van der Waals surface area contributed by atoms with E-state index < -0.39 is 16.6 Å². The summed E-state index contributed by atoms with van der Waals surface area (Å²) < 4.78 is 0. The highest BCUT2D eigenvalue weighted by Gasteiger charge is 2.18. The van der Waals surface area contributed by atoms with E-state index in [4.69, 9.17) is 5.11 Å². The molecule has 0 saturated heterocycles. The molecule has 1 heterocycles. The van der Waals surface area contributed by atoms with E-state index in [1.165, 1.54) is 0 Å². The summed E-state index contributed by atoms with van der Waals surface area (Å²) in [5.74, 6) is -1.55. The van der Waals surface area contributed by atoms with Gasteiger partial charge in [0.05, 0.1) is 10.5 Å². The highest BCUT2D eigenvalue weighted by Crippen LogP contribution is 2.22. The molecule has 0 radical (unpaired) electrons. The van der Waals surface area contributed by atoms with Crippen molar-refractivity contribution in [2.75, 3.05) is 18.4 Å². The number of aromatic carboxylic acids is 1. The minimum absolute atomic E-state index is 0.0655.